The molecule has 1 aliphatic carbocycles. The Hall–Kier alpha value is -2.65. The van der Waals surface area contributed by atoms with Gasteiger partial charge in [-0.05, 0) is 37.5 Å². The van der Waals surface area contributed by atoms with Gasteiger partial charge in [0.25, 0.3) is 11.8 Å². The van der Waals surface area contributed by atoms with Crippen LogP contribution in [0.2, 0.25) is 0 Å². The molecule has 1 fully saturated rings. The van der Waals surface area contributed by atoms with Gasteiger partial charge in [-0.15, -0.1) is 11.3 Å². The zero-order chi connectivity index (χ0) is 20.8. The molecule has 2 atom stereocenters. The Labute approximate surface area is 170 Å². The number of aromatic nitrogens is 3. The van der Waals surface area contributed by atoms with Crippen LogP contribution in [0.15, 0.2) is 37.2 Å². The van der Waals surface area contributed by atoms with Crippen LogP contribution in [0.25, 0.3) is 22.3 Å². The van der Waals surface area contributed by atoms with Gasteiger partial charge in [-0.1, -0.05) is 12.6 Å². The zero-order valence-corrected chi connectivity index (χ0v) is 16.7. The summed E-state index contributed by atoms with van der Waals surface area (Å²) in [6.45, 7) is 5.79. The van der Waals surface area contributed by atoms with Gasteiger partial charge in [0.2, 0.25) is 0 Å². The normalized spacial score (nSPS) is 21.2. The second-order valence-corrected chi connectivity index (χ2v) is 8.33. The molecule has 0 aromatic carbocycles. The molecule has 3 heterocycles. The second kappa shape index (κ2) is 7.31. The molecule has 9 heteroatoms. The summed E-state index contributed by atoms with van der Waals surface area (Å²) in [6, 6.07) is 3.44. The number of pyridine rings is 1. The number of carbonyl (C=O) groups excluding carboxylic acids is 1. The molecule has 0 spiro atoms. The van der Waals surface area contributed by atoms with Crippen LogP contribution in [-0.2, 0) is 0 Å². The highest BCUT2D eigenvalue weighted by atomic mass is 32.1. The van der Waals surface area contributed by atoms with Crippen molar-refractivity contribution in [3.8, 4) is 11.3 Å². The lowest BCUT2D eigenvalue weighted by atomic mass is 9.87. The maximum absolute atomic E-state index is 14.3. The fourth-order valence-electron chi connectivity index (χ4n) is 3.63. The number of fused-ring (bicyclic) bond motifs is 1. The fraction of sp³-hybridized carbons (Fsp3) is 0.350. The predicted molar refractivity (Wildman–Crippen MR) is 109 cm³/mol. The lowest BCUT2D eigenvalue weighted by Crippen LogP contribution is -2.59. The van der Waals surface area contributed by atoms with Crippen LogP contribution < -0.4 is 11.1 Å². The van der Waals surface area contributed by atoms with Gasteiger partial charge in [-0.25, -0.2) is 18.3 Å². The summed E-state index contributed by atoms with van der Waals surface area (Å²) < 4.78 is 30.2. The Balaban J connectivity index is 1.70. The highest BCUT2D eigenvalue weighted by Crippen LogP contribution is 2.36. The van der Waals surface area contributed by atoms with E-state index in [1.807, 2.05) is 31.3 Å². The zero-order valence-electron chi connectivity index (χ0n) is 15.9. The van der Waals surface area contributed by atoms with Gasteiger partial charge >= 0.3 is 0 Å². The number of halogens is 2. The maximum atomic E-state index is 14.3. The van der Waals surface area contributed by atoms with Crippen molar-refractivity contribution >= 4 is 28.3 Å². The molecule has 152 valence electrons. The third-order valence-corrected chi connectivity index (χ3v) is 6.32. The van der Waals surface area contributed by atoms with E-state index in [1.165, 1.54) is 0 Å². The minimum atomic E-state index is -3.03. The third-order valence-electron chi connectivity index (χ3n) is 5.11. The summed E-state index contributed by atoms with van der Waals surface area (Å²) in [7, 11) is 0. The van der Waals surface area contributed by atoms with Crippen molar-refractivity contribution in [2.24, 2.45) is 5.73 Å². The van der Waals surface area contributed by atoms with Crippen molar-refractivity contribution in [2.75, 3.05) is 0 Å². The van der Waals surface area contributed by atoms with Gasteiger partial charge in [0.05, 0.1) is 22.3 Å². The molecule has 4 rings (SSSR count). The van der Waals surface area contributed by atoms with E-state index in [0.29, 0.717) is 23.4 Å². The van der Waals surface area contributed by atoms with Crippen LogP contribution in [0.4, 0.5) is 8.78 Å². The number of thiazole rings is 1. The van der Waals surface area contributed by atoms with Gasteiger partial charge in [-0.2, -0.15) is 5.10 Å². The fourth-order valence-corrected chi connectivity index (χ4v) is 4.54. The Bertz CT molecular complexity index is 1090. The Morgan fingerprint density at radius 2 is 2.24 bits per heavy atom. The molecule has 1 saturated carbocycles. The lowest BCUT2D eigenvalue weighted by molar-refractivity contribution is -0.0674. The molecule has 1 aliphatic rings. The van der Waals surface area contributed by atoms with Crippen LogP contribution in [0.1, 0.15) is 40.9 Å². The molecule has 0 aliphatic heterocycles. The van der Waals surface area contributed by atoms with Crippen LogP contribution in [0.5, 0.6) is 0 Å². The minimum Gasteiger partial charge on any atom is -0.340 e. The smallest absolute Gasteiger partial charge is 0.280 e. The molecular formula is C20H21F2N5OS. The molecule has 2 unspecified atom stereocenters. The first-order chi connectivity index (χ1) is 13.8. The first-order valence-corrected chi connectivity index (χ1v) is 10.1. The molecule has 3 aromatic rings. The molecule has 29 heavy (non-hydrogen) atoms. The van der Waals surface area contributed by atoms with Crippen molar-refractivity contribution in [2.45, 2.75) is 44.2 Å². The van der Waals surface area contributed by atoms with E-state index in [-0.39, 0.29) is 11.4 Å². The van der Waals surface area contributed by atoms with E-state index < -0.39 is 23.9 Å². The molecule has 0 bridgehead atoms. The SMILES string of the molecule is C=C(C)c1sc(C(=O)NC2C(N)CCCC2(F)F)nc1-c1cnn2ccccc12. The van der Waals surface area contributed by atoms with Gasteiger partial charge in [0.1, 0.15) is 6.04 Å². The van der Waals surface area contributed by atoms with E-state index in [9.17, 15) is 13.6 Å². The van der Waals surface area contributed by atoms with Crippen molar-refractivity contribution in [3.63, 3.8) is 0 Å². The third kappa shape index (κ3) is 3.56. The summed E-state index contributed by atoms with van der Waals surface area (Å²) >= 11 is 1.13. The van der Waals surface area contributed by atoms with E-state index in [1.54, 1.807) is 10.7 Å². The second-order valence-electron chi connectivity index (χ2n) is 7.33. The van der Waals surface area contributed by atoms with Crippen LogP contribution in [0.3, 0.4) is 0 Å². The van der Waals surface area contributed by atoms with Gasteiger partial charge < -0.3 is 11.1 Å². The van der Waals surface area contributed by atoms with Crippen molar-refractivity contribution in [3.05, 3.63) is 47.1 Å². The van der Waals surface area contributed by atoms with Gasteiger partial charge in [-0.3, -0.25) is 4.79 Å². The molecule has 1 amide bonds. The Kier molecular flexibility index (Phi) is 4.95. The first-order valence-electron chi connectivity index (χ1n) is 9.31. The Morgan fingerprint density at radius 1 is 1.45 bits per heavy atom. The lowest BCUT2D eigenvalue weighted by Gasteiger charge is -2.36. The molecular weight excluding hydrogens is 396 g/mol. The standard InChI is InChI=1S/C20H21F2N5OS/c1-11(2)16-15(12-10-24-27-9-4-3-7-14(12)27)25-19(29-16)18(28)26-17-13(23)6-5-8-20(17,21)22/h3-4,7,9-10,13,17H,1,5-6,8,23H2,2H3,(H,26,28). The van der Waals surface area contributed by atoms with Crippen molar-refractivity contribution in [1.82, 2.24) is 19.9 Å². The summed E-state index contributed by atoms with van der Waals surface area (Å²) in [5.74, 6) is -3.69. The molecule has 3 aromatic heterocycles. The molecule has 6 nitrogen and oxygen atoms in total. The van der Waals surface area contributed by atoms with Crippen LogP contribution >= 0.6 is 11.3 Å². The molecule has 3 N–H and O–H groups in total. The monoisotopic (exact) mass is 417 g/mol. The maximum Gasteiger partial charge on any atom is 0.280 e. The summed E-state index contributed by atoms with van der Waals surface area (Å²) in [5.41, 5.74) is 8.73. The Morgan fingerprint density at radius 3 is 2.97 bits per heavy atom. The van der Waals surface area contributed by atoms with E-state index >= 15 is 0 Å². The van der Waals surface area contributed by atoms with Crippen LogP contribution in [0, 0.1) is 0 Å². The largest absolute Gasteiger partial charge is 0.340 e. The average molecular weight is 417 g/mol. The quantitative estimate of drug-likeness (QED) is 0.677. The minimum absolute atomic E-state index is 0.0989. The number of nitrogens with one attached hydrogen (secondary N) is 1. The molecule has 0 saturated heterocycles. The summed E-state index contributed by atoms with van der Waals surface area (Å²) in [5, 5.41) is 6.83. The van der Waals surface area contributed by atoms with Gasteiger partial charge in [0.15, 0.2) is 5.01 Å². The van der Waals surface area contributed by atoms with Gasteiger partial charge in [0, 0.05) is 24.2 Å². The topological polar surface area (TPSA) is 85.3 Å². The number of hydrogen-bond donors (Lipinski definition) is 2. The highest BCUT2D eigenvalue weighted by molar-refractivity contribution is 7.15. The number of amides is 1. The summed E-state index contributed by atoms with van der Waals surface area (Å²) in [6.07, 6.45) is 3.99. The number of allylic oxidation sites excluding steroid dienone is 1. The number of nitrogens with two attached hydrogens (primary N) is 1. The average Bonchev–Trinajstić information content (AvgIpc) is 3.28. The number of nitrogens with zero attached hydrogens (tertiary/aromatic N) is 3. The number of hydrogen-bond acceptors (Lipinski definition) is 5. The predicted octanol–water partition coefficient (Wildman–Crippen LogP) is 3.74. The van der Waals surface area contributed by atoms with E-state index in [4.69, 9.17) is 5.73 Å². The van der Waals surface area contributed by atoms with E-state index in [0.717, 1.165) is 28.0 Å². The number of carbonyl (C=O) groups is 1. The molecule has 0 radical (unpaired) electrons. The van der Waals surface area contributed by atoms with Crippen molar-refractivity contribution < 1.29 is 13.6 Å². The summed E-state index contributed by atoms with van der Waals surface area (Å²) in [4.78, 5) is 18.0. The number of alkyl halides is 2. The first kappa shape index (κ1) is 19.7. The highest BCUT2D eigenvalue weighted by Gasteiger charge is 2.46. The van der Waals surface area contributed by atoms with E-state index in [2.05, 4.69) is 22.0 Å². The van der Waals surface area contributed by atoms with Crippen LogP contribution in [-0.4, -0.2) is 38.5 Å². The van der Waals surface area contributed by atoms with Crippen molar-refractivity contribution in [1.29, 1.82) is 0 Å². The number of rotatable bonds is 4.